The average molecular weight is 524 g/mol. The van der Waals surface area contributed by atoms with Gasteiger partial charge in [-0.3, -0.25) is 14.4 Å². The molecule has 1 fully saturated rings. The number of aliphatic hydroxyl groups excluding tert-OH is 1. The first-order valence-electron chi connectivity index (χ1n) is 12.6. The van der Waals surface area contributed by atoms with Gasteiger partial charge < -0.3 is 34.9 Å². The summed E-state index contributed by atoms with van der Waals surface area (Å²) in [5, 5.41) is 14.2. The molecule has 0 saturated carbocycles. The Kier molecular flexibility index (Phi) is 9.61. The van der Waals surface area contributed by atoms with E-state index in [0.717, 1.165) is 11.1 Å². The molecule has 2 aromatic carbocycles. The summed E-state index contributed by atoms with van der Waals surface area (Å²) in [6.07, 6.45) is 0.842. The molecule has 0 aliphatic carbocycles. The minimum absolute atomic E-state index is 0.0940. The normalized spacial score (nSPS) is 16.9. The van der Waals surface area contributed by atoms with Crippen LogP contribution in [0.3, 0.4) is 0 Å². The lowest BCUT2D eigenvalue weighted by molar-refractivity contribution is -0.121. The molecule has 1 atom stereocenters. The molecule has 10 heteroatoms. The maximum Gasteiger partial charge on any atom is 0.255 e. The molecule has 3 N–H and O–H groups in total. The van der Waals surface area contributed by atoms with E-state index < -0.39 is 0 Å². The van der Waals surface area contributed by atoms with E-state index in [-0.39, 0.29) is 30.6 Å². The average Bonchev–Trinajstić information content (AvgIpc) is 3.25. The number of fused-ring (bicyclic) bond motifs is 1. The molecule has 0 aromatic heterocycles. The van der Waals surface area contributed by atoms with Crippen molar-refractivity contribution < 1.29 is 33.7 Å². The van der Waals surface area contributed by atoms with Crippen molar-refractivity contribution >= 4 is 17.7 Å². The maximum absolute atomic E-state index is 13.7. The molecule has 10 nitrogen and oxygen atoms in total. The summed E-state index contributed by atoms with van der Waals surface area (Å²) >= 11 is 0. The molecule has 0 radical (unpaired) electrons. The van der Waals surface area contributed by atoms with Gasteiger partial charge in [-0.2, -0.15) is 0 Å². The van der Waals surface area contributed by atoms with E-state index in [1.165, 1.54) is 0 Å². The van der Waals surface area contributed by atoms with Gasteiger partial charge in [0.2, 0.25) is 5.91 Å². The van der Waals surface area contributed by atoms with E-state index in [1.54, 1.807) is 11.0 Å². The number of nitrogens with one attached hydrogen (secondary N) is 2. The van der Waals surface area contributed by atoms with Gasteiger partial charge in [-0.25, -0.2) is 0 Å². The number of aliphatic hydroxyl groups is 1. The topological polar surface area (TPSA) is 126 Å². The van der Waals surface area contributed by atoms with Crippen molar-refractivity contribution in [2.24, 2.45) is 0 Å². The van der Waals surface area contributed by atoms with Crippen LogP contribution in [0.1, 0.15) is 39.1 Å². The van der Waals surface area contributed by atoms with Crippen molar-refractivity contribution in [2.45, 2.75) is 25.4 Å². The van der Waals surface area contributed by atoms with Crippen LogP contribution in [0.4, 0.5) is 0 Å². The quantitative estimate of drug-likeness (QED) is 0.270. The Morgan fingerprint density at radius 1 is 1.00 bits per heavy atom. The number of rotatable bonds is 13. The van der Waals surface area contributed by atoms with Crippen molar-refractivity contribution in [3.8, 4) is 11.1 Å². The van der Waals surface area contributed by atoms with Crippen LogP contribution >= 0.6 is 0 Å². The zero-order chi connectivity index (χ0) is 26.9. The van der Waals surface area contributed by atoms with Crippen LogP contribution in [0.5, 0.6) is 0 Å². The second-order valence-electron chi connectivity index (χ2n) is 8.97. The van der Waals surface area contributed by atoms with Crippen molar-refractivity contribution in [1.82, 2.24) is 15.5 Å². The van der Waals surface area contributed by atoms with Crippen LogP contribution in [0, 0.1) is 0 Å². The molecular formula is C28H33N3O7. The third-order valence-electron chi connectivity index (χ3n) is 6.50. The number of hydrogen-bond donors (Lipinski definition) is 3. The van der Waals surface area contributed by atoms with Crippen LogP contribution < -0.4 is 10.6 Å². The van der Waals surface area contributed by atoms with E-state index in [9.17, 15) is 14.4 Å². The summed E-state index contributed by atoms with van der Waals surface area (Å²) < 4.78 is 15.6. The molecular weight excluding hydrogens is 490 g/mol. The second kappa shape index (κ2) is 13.3. The first-order chi connectivity index (χ1) is 18.5. The van der Waals surface area contributed by atoms with Crippen LogP contribution in [0.25, 0.3) is 11.1 Å². The van der Waals surface area contributed by atoms with Crippen LogP contribution in [0.2, 0.25) is 0 Å². The fourth-order valence-corrected chi connectivity index (χ4v) is 4.71. The van der Waals surface area contributed by atoms with Gasteiger partial charge in [-0.15, -0.1) is 0 Å². The highest BCUT2D eigenvalue weighted by Gasteiger charge is 2.39. The highest BCUT2D eigenvalue weighted by molar-refractivity contribution is 6.11. The third-order valence-corrected chi connectivity index (χ3v) is 6.50. The van der Waals surface area contributed by atoms with Crippen molar-refractivity contribution in [1.29, 1.82) is 0 Å². The van der Waals surface area contributed by atoms with E-state index in [1.807, 2.05) is 36.4 Å². The minimum Gasteiger partial charge on any atom is -0.377 e. The molecule has 38 heavy (non-hydrogen) atoms. The van der Waals surface area contributed by atoms with Gasteiger partial charge in [0, 0.05) is 36.3 Å². The highest BCUT2D eigenvalue weighted by Crippen LogP contribution is 2.38. The second-order valence-corrected chi connectivity index (χ2v) is 8.97. The number of piperidine rings is 1. The van der Waals surface area contributed by atoms with Crippen molar-refractivity contribution in [3.05, 3.63) is 71.4 Å². The molecule has 0 bridgehead atoms. The SMILES string of the molecule is C=C1NC(=O)CCC1N1Cc2ccc(C(=O)NCCOCCOCCOCO)c(-c3ccccc3)c2C1=O. The summed E-state index contributed by atoms with van der Waals surface area (Å²) in [5.41, 5.74) is 3.64. The Morgan fingerprint density at radius 3 is 2.42 bits per heavy atom. The van der Waals surface area contributed by atoms with Gasteiger partial charge in [0.1, 0.15) is 6.79 Å². The summed E-state index contributed by atoms with van der Waals surface area (Å²) in [4.78, 5) is 40.4. The van der Waals surface area contributed by atoms with Gasteiger partial charge in [0.15, 0.2) is 0 Å². The number of ether oxygens (including phenoxy) is 3. The molecule has 2 aliphatic heterocycles. The smallest absolute Gasteiger partial charge is 0.255 e. The Balaban J connectivity index is 1.44. The number of nitrogens with zero attached hydrogens (tertiary/aromatic N) is 1. The van der Waals surface area contributed by atoms with Gasteiger partial charge >= 0.3 is 0 Å². The standard InChI is InChI=1S/C28H33N3O7/c1-19-23(9-10-24(33)30-19)31-17-21-7-8-22(25(26(21)28(31)35)20-5-3-2-4-6-20)27(34)29-11-12-36-13-14-37-15-16-38-18-32/h2-8,23,32H,1,9-18H2,(H,29,34)(H,30,33). The Labute approximate surface area is 221 Å². The molecule has 4 rings (SSSR count). The van der Waals surface area contributed by atoms with E-state index in [2.05, 4.69) is 17.2 Å². The van der Waals surface area contributed by atoms with E-state index in [0.29, 0.717) is 81.4 Å². The number of benzene rings is 2. The predicted octanol–water partition coefficient (Wildman–Crippen LogP) is 1.83. The Bertz CT molecular complexity index is 1170. The molecule has 1 unspecified atom stereocenters. The lowest BCUT2D eigenvalue weighted by atomic mass is 9.91. The first kappa shape index (κ1) is 27.5. The van der Waals surface area contributed by atoms with E-state index in [4.69, 9.17) is 19.3 Å². The molecule has 202 valence electrons. The summed E-state index contributed by atoms with van der Waals surface area (Å²) in [6, 6.07) is 12.7. The molecule has 1 saturated heterocycles. The van der Waals surface area contributed by atoms with E-state index >= 15 is 0 Å². The fourth-order valence-electron chi connectivity index (χ4n) is 4.71. The number of amides is 3. The zero-order valence-corrected chi connectivity index (χ0v) is 21.2. The number of hydrogen-bond acceptors (Lipinski definition) is 7. The monoisotopic (exact) mass is 523 g/mol. The number of carbonyl (C=O) groups is 3. The molecule has 2 aliphatic rings. The zero-order valence-electron chi connectivity index (χ0n) is 21.2. The van der Waals surface area contributed by atoms with Crippen molar-refractivity contribution in [2.75, 3.05) is 46.4 Å². The molecule has 0 spiro atoms. The predicted molar refractivity (Wildman–Crippen MR) is 139 cm³/mol. The first-order valence-corrected chi connectivity index (χ1v) is 12.6. The lowest BCUT2D eigenvalue weighted by Crippen LogP contribution is -2.46. The third kappa shape index (κ3) is 6.46. The van der Waals surface area contributed by atoms with Crippen molar-refractivity contribution in [3.63, 3.8) is 0 Å². The van der Waals surface area contributed by atoms with Crippen LogP contribution in [-0.4, -0.2) is 80.1 Å². The van der Waals surface area contributed by atoms with Gasteiger partial charge in [0.05, 0.1) is 44.6 Å². The van der Waals surface area contributed by atoms with Crippen LogP contribution in [-0.2, 0) is 25.5 Å². The Morgan fingerprint density at radius 2 is 1.71 bits per heavy atom. The van der Waals surface area contributed by atoms with Gasteiger partial charge in [-0.05, 0) is 23.6 Å². The number of carbonyl (C=O) groups excluding carboxylic acids is 3. The summed E-state index contributed by atoms with van der Waals surface area (Å²) in [6.45, 7) is 6.02. The summed E-state index contributed by atoms with van der Waals surface area (Å²) in [7, 11) is 0. The summed E-state index contributed by atoms with van der Waals surface area (Å²) in [5.74, 6) is -0.569. The lowest BCUT2D eigenvalue weighted by Gasteiger charge is -2.32. The molecule has 2 aromatic rings. The Hall–Kier alpha value is -3.57. The molecule has 2 heterocycles. The maximum atomic E-state index is 13.7. The highest BCUT2D eigenvalue weighted by atomic mass is 16.6. The molecule has 3 amide bonds. The van der Waals surface area contributed by atoms with Crippen LogP contribution in [0.15, 0.2) is 54.7 Å². The largest absolute Gasteiger partial charge is 0.377 e. The van der Waals surface area contributed by atoms with Gasteiger partial charge in [0.25, 0.3) is 11.8 Å². The fraction of sp³-hybridized carbons (Fsp3) is 0.393. The minimum atomic E-state index is -0.335. The van der Waals surface area contributed by atoms with Gasteiger partial charge in [-0.1, -0.05) is 43.0 Å².